The highest BCUT2D eigenvalue weighted by Crippen LogP contribution is 2.28. The second-order valence-corrected chi connectivity index (χ2v) is 6.20. The van der Waals surface area contributed by atoms with E-state index in [-0.39, 0.29) is 18.9 Å². The minimum Gasteiger partial charge on any atom is -0.493 e. The van der Waals surface area contributed by atoms with Gasteiger partial charge in [0.05, 0.1) is 13.2 Å². The Morgan fingerprint density at radius 3 is 2.50 bits per heavy atom. The zero-order valence-electron chi connectivity index (χ0n) is 16.2. The summed E-state index contributed by atoms with van der Waals surface area (Å²) in [5.74, 6) is 3.36. The van der Waals surface area contributed by atoms with Crippen LogP contribution < -0.4 is 14.8 Å². The number of terminal acetylenes is 1. The molecular weight excluding hydrogens is 352 g/mol. The standard InChI is InChI=1S/C23H24N2O3/c1-4-14-28-21-12-8-18(15-22(21)27-3)9-13-23(26)25-20(16-24)19-10-6-17(5-2)7-11-19/h1,6-8,10-12,15,20H,5,9,13-14H2,2-3H3,(H,25,26). The predicted molar refractivity (Wildman–Crippen MR) is 108 cm³/mol. The molecular formula is C23H24N2O3. The lowest BCUT2D eigenvalue weighted by molar-refractivity contribution is -0.121. The zero-order chi connectivity index (χ0) is 20.4. The smallest absolute Gasteiger partial charge is 0.221 e. The van der Waals surface area contributed by atoms with E-state index >= 15 is 0 Å². The second-order valence-electron chi connectivity index (χ2n) is 6.20. The molecule has 0 saturated heterocycles. The number of benzene rings is 2. The topological polar surface area (TPSA) is 71.3 Å². The molecule has 0 spiro atoms. The van der Waals surface area contributed by atoms with E-state index in [0.29, 0.717) is 17.9 Å². The first-order valence-electron chi connectivity index (χ1n) is 9.12. The first kappa shape index (κ1) is 20.9. The van der Waals surface area contributed by atoms with E-state index in [1.54, 1.807) is 13.2 Å². The van der Waals surface area contributed by atoms with Crippen LogP contribution in [-0.4, -0.2) is 19.6 Å². The van der Waals surface area contributed by atoms with Gasteiger partial charge < -0.3 is 14.8 Å². The lowest BCUT2D eigenvalue weighted by Gasteiger charge is -2.13. The number of methoxy groups -OCH3 is 1. The van der Waals surface area contributed by atoms with E-state index < -0.39 is 6.04 Å². The number of rotatable bonds is 9. The number of nitriles is 1. The van der Waals surface area contributed by atoms with Gasteiger partial charge in [-0.05, 0) is 41.7 Å². The summed E-state index contributed by atoms with van der Waals surface area (Å²) < 4.78 is 10.7. The Kier molecular flexibility index (Phi) is 7.93. The average Bonchev–Trinajstić information content (AvgIpc) is 2.74. The number of nitrogens with one attached hydrogen (secondary N) is 1. The molecule has 144 valence electrons. The van der Waals surface area contributed by atoms with Crippen molar-refractivity contribution in [2.75, 3.05) is 13.7 Å². The summed E-state index contributed by atoms with van der Waals surface area (Å²) in [5.41, 5.74) is 2.90. The summed E-state index contributed by atoms with van der Waals surface area (Å²) in [6.45, 7) is 2.23. The summed E-state index contributed by atoms with van der Waals surface area (Å²) in [5, 5.41) is 12.2. The fourth-order valence-electron chi connectivity index (χ4n) is 2.73. The number of aryl methyl sites for hydroxylation is 2. The van der Waals surface area contributed by atoms with E-state index in [1.165, 1.54) is 5.56 Å². The molecule has 1 amide bonds. The van der Waals surface area contributed by atoms with Crippen LogP contribution in [0.25, 0.3) is 0 Å². The first-order chi connectivity index (χ1) is 13.6. The van der Waals surface area contributed by atoms with E-state index in [2.05, 4.69) is 24.2 Å². The normalized spacial score (nSPS) is 11.0. The number of carbonyl (C=O) groups is 1. The molecule has 0 heterocycles. The molecule has 0 bridgehead atoms. The maximum atomic E-state index is 12.3. The van der Waals surface area contributed by atoms with Crippen molar-refractivity contribution in [3.05, 3.63) is 59.2 Å². The van der Waals surface area contributed by atoms with Crippen molar-refractivity contribution in [3.63, 3.8) is 0 Å². The molecule has 0 fully saturated rings. The van der Waals surface area contributed by atoms with Crippen LogP contribution in [-0.2, 0) is 17.6 Å². The molecule has 1 atom stereocenters. The maximum Gasteiger partial charge on any atom is 0.221 e. The minimum absolute atomic E-state index is 0.160. The Balaban J connectivity index is 1.95. The Labute approximate surface area is 166 Å². The van der Waals surface area contributed by atoms with E-state index in [0.717, 1.165) is 17.5 Å². The van der Waals surface area contributed by atoms with Gasteiger partial charge in [0.25, 0.3) is 0 Å². The molecule has 0 aromatic heterocycles. The fourth-order valence-corrected chi connectivity index (χ4v) is 2.73. The Morgan fingerprint density at radius 1 is 1.18 bits per heavy atom. The summed E-state index contributed by atoms with van der Waals surface area (Å²) in [4.78, 5) is 12.3. The maximum absolute atomic E-state index is 12.3. The second kappa shape index (κ2) is 10.6. The Morgan fingerprint density at radius 2 is 1.89 bits per heavy atom. The van der Waals surface area contributed by atoms with Crippen molar-refractivity contribution in [2.24, 2.45) is 0 Å². The van der Waals surface area contributed by atoms with Crippen molar-refractivity contribution in [2.45, 2.75) is 32.2 Å². The SMILES string of the molecule is C#CCOc1ccc(CCC(=O)NC(C#N)c2ccc(CC)cc2)cc1OC. The van der Waals surface area contributed by atoms with Gasteiger partial charge in [-0.3, -0.25) is 4.79 Å². The number of nitrogens with zero attached hydrogens (tertiary/aromatic N) is 1. The van der Waals surface area contributed by atoms with Gasteiger partial charge in [-0.2, -0.15) is 5.26 Å². The molecule has 0 aliphatic carbocycles. The summed E-state index contributed by atoms with van der Waals surface area (Å²) in [7, 11) is 1.55. The highest BCUT2D eigenvalue weighted by Gasteiger charge is 2.14. The molecule has 28 heavy (non-hydrogen) atoms. The largest absolute Gasteiger partial charge is 0.493 e. The van der Waals surface area contributed by atoms with Crippen molar-refractivity contribution >= 4 is 5.91 Å². The lowest BCUT2D eigenvalue weighted by Crippen LogP contribution is -2.27. The van der Waals surface area contributed by atoms with Crippen LogP contribution in [0.2, 0.25) is 0 Å². The first-order valence-corrected chi connectivity index (χ1v) is 9.12. The average molecular weight is 376 g/mol. The third kappa shape index (κ3) is 5.79. The van der Waals surface area contributed by atoms with Gasteiger partial charge in [0.15, 0.2) is 11.5 Å². The van der Waals surface area contributed by atoms with Gasteiger partial charge in [-0.1, -0.05) is 43.2 Å². The highest BCUT2D eigenvalue weighted by atomic mass is 16.5. The van der Waals surface area contributed by atoms with Crippen LogP contribution in [0.4, 0.5) is 0 Å². The predicted octanol–water partition coefficient (Wildman–Crippen LogP) is 3.58. The van der Waals surface area contributed by atoms with Crippen LogP contribution in [0, 0.1) is 23.7 Å². The van der Waals surface area contributed by atoms with Gasteiger partial charge in [0.2, 0.25) is 5.91 Å². The van der Waals surface area contributed by atoms with Gasteiger partial charge in [-0.15, -0.1) is 6.42 Å². The molecule has 2 aromatic rings. The van der Waals surface area contributed by atoms with Gasteiger partial charge in [0.1, 0.15) is 12.6 Å². The third-order valence-electron chi connectivity index (χ3n) is 4.34. The molecule has 1 unspecified atom stereocenters. The molecule has 0 aliphatic heterocycles. The van der Waals surface area contributed by atoms with Gasteiger partial charge in [-0.25, -0.2) is 0 Å². The molecule has 2 aromatic carbocycles. The monoisotopic (exact) mass is 376 g/mol. The molecule has 2 rings (SSSR count). The third-order valence-corrected chi connectivity index (χ3v) is 4.34. The summed E-state index contributed by atoms with van der Waals surface area (Å²) in [6.07, 6.45) is 6.91. The number of hydrogen-bond donors (Lipinski definition) is 1. The Bertz CT molecular complexity index is 876. The molecule has 0 aliphatic rings. The number of carbonyl (C=O) groups excluding carboxylic acids is 1. The van der Waals surface area contributed by atoms with E-state index in [4.69, 9.17) is 15.9 Å². The number of ether oxygens (including phenoxy) is 2. The molecule has 5 heteroatoms. The zero-order valence-corrected chi connectivity index (χ0v) is 16.2. The summed E-state index contributed by atoms with van der Waals surface area (Å²) >= 11 is 0. The van der Waals surface area contributed by atoms with E-state index in [9.17, 15) is 10.1 Å². The van der Waals surface area contributed by atoms with Crippen LogP contribution in [0.5, 0.6) is 11.5 Å². The summed E-state index contributed by atoms with van der Waals surface area (Å²) in [6, 6.07) is 14.7. The highest BCUT2D eigenvalue weighted by molar-refractivity contribution is 5.77. The van der Waals surface area contributed by atoms with Crippen molar-refractivity contribution in [1.29, 1.82) is 5.26 Å². The molecule has 1 N–H and O–H groups in total. The molecule has 0 radical (unpaired) electrons. The van der Waals surface area contributed by atoms with Crippen molar-refractivity contribution in [3.8, 4) is 29.9 Å². The van der Waals surface area contributed by atoms with Crippen LogP contribution in [0.15, 0.2) is 42.5 Å². The lowest BCUT2D eigenvalue weighted by atomic mass is 10.0. The molecule has 0 saturated carbocycles. The van der Waals surface area contributed by atoms with Crippen LogP contribution >= 0.6 is 0 Å². The van der Waals surface area contributed by atoms with Crippen molar-refractivity contribution < 1.29 is 14.3 Å². The minimum atomic E-state index is -0.660. The fraction of sp³-hybridized carbons (Fsp3) is 0.304. The Hall–Kier alpha value is -3.44. The molecule has 5 nitrogen and oxygen atoms in total. The van der Waals surface area contributed by atoms with Gasteiger partial charge >= 0.3 is 0 Å². The van der Waals surface area contributed by atoms with Crippen LogP contribution in [0.1, 0.15) is 36.1 Å². The van der Waals surface area contributed by atoms with Gasteiger partial charge in [0, 0.05) is 6.42 Å². The quantitative estimate of drug-likeness (QED) is 0.679. The van der Waals surface area contributed by atoms with E-state index in [1.807, 2.05) is 36.4 Å². The number of hydrogen-bond acceptors (Lipinski definition) is 4. The van der Waals surface area contributed by atoms with Crippen molar-refractivity contribution in [1.82, 2.24) is 5.32 Å². The number of amides is 1. The van der Waals surface area contributed by atoms with Crippen LogP contribution in [0.3, 0.4) is 0 Å².